The molecule has 0 aliphatic carbocycles. The fourth-order valence-electron chi connectivity index (χ4n) is 2.22. The molecule has 4 heteroatoms. The highest BCUT2D eigenvalue weighted by Crippen LogP contribution is 2.21. The zero-order valence-electron chi connectivity index (χ0n) is 10.3. The van der Waals surface area contributed by atoms with Crippen molar-refractivity contribution in [2.75, 3.05) is 19.7 Å². The number of benzene rings is 1. The smallest absolute Gasteiger partial charge is 0.337 e. The molecule has 0 amide bonds. The summed E-state index contributed by atoms with van der Waals surface area (Å²) in [7, 11) is 0. The third-order valence-electron chi connectivity index (χ3n) is 3.28. The molecule has 1 unspecified atom stereocenters. The fourth-order valence-corrected chi connectivity index (χ4v) is 2.22. The zero-order chi connectivity index (χ0) is 12.8. The van der Waals surface area contributed by atoms with Crippen molar-refractivity contribution in [2.45, 2.75) is 18.9 Å². The highest BCUT2D eigenvalue weighted by atomic mass is 16.5. The van der Waals surface area contributed by atoms with E-state index in [9.17, 15) is 9.90 Å². The van der Waals surface area contributed by atoms with Crippen LogP contribution >= 0.6 is 0 Å². The maximum absolute atomic E-state index is 11.2. The molecule has 1 aromatic rings. The van der Waals surface area contributed by atoms with Crippen LogP contribution in [0.15, 0.2) is 30.3 Å². The van der Waals surface area contributed by atoms with Crippen LogP contribution in [-0.2, 0) is 9.53 Å². The molecule has 18 heavy (non-hydrogen) atoms. The van der Waals surface area contributed by atoms with Gasteiger partial charge in [-0.05, 0) is 37.4 Å². The lowest BCUT2D eigenvalue weighted by Crippen LogP contribution is -2.31. The number of carboxylic acids is 1. The number of rotatable bonds is 5. The molecule has 0 aromatic heterocycles. The number of piperidine rings is 1. The Bertz CT molecular complexity index is 374. The topological polar surface area (TPSA) is 58.6 Å². The maximum atomic E-state index is 11.2. The number of nitrogens with one attached hydrogen (secondary N) is 1. The predicted octanol–water partition coefficient (Wildman–Crippen LogP) is 1.83. The first-order valence-electron chi connectivity index (χ1n) is 6.37. The van der Waals surface area contributed by atoms with Gasteiger partial charge < -0.3 is 15.2 Å². The van der Waals surface area contributed by atoms with E-state index in [1.807, 2.05) is 18.2 Å². The van der Waals surface area contributed by atoms with Crippen molar-refractivity contribution in [3.63, 3.8) is 0 Å². The highest BCUT2D eigenvalue weighted by molar-refractivity contribution is 5.74. The Labute approximate surface area is 107 Å². The van der Waals surface area contributed by atoms with Gasteiger partial charge in [-0.1, -0.05) is 30.3 Å². The Morgan fingerprint density at radius 2 is 2.00 bits per heavy atom. The molecule has 1 aliphatic rings. The standard InChI is InChI=1S/C14H19NO3/c16-14(17)13(12-4-2-1-3-5-12)18-10-11-6-8-15-9-7-11/h1-5,11,13,15H,6-10H2,(H,16,17). The van der Waals surface area contributed by atoms with Gasteiger partial charge in [-0.2, -0.15) is 0 Å². The monoisotopic (exact) mass is 249 g/mol. The molecule has 0 saturated carbocycles. The van der Waals surface area contributed by atoms with E-state index < -0.39 is 12.1 Å². The van der Waals surface area contributed by atoms with Crippen LogP contribution in [0.1, 0.15) is 24.5 Å². The second-order valence-corrected chi connectivity index (χ2v) is 4.66. The average Bonchev–Trinajstić information content (AvgIpc) is 2.41. The molecule has 1 aliphatic heterocycles. The second-order valence-electron chi connectivity index (χ2n) is 4.66. The molecule has 1 saturated heterocycles. The van der Waals surface area contributed by atoms with Crippen molar-refractivity contribution in [1.82, 2.24) is 5.32 Å². The van der Waals surface area contributed by atoms with E-state index in [4.69, 9.17) is 4.74 Å². The molecule has 0 bridgehead atoms. The molecule has 98 valence electrons. The lowest BCUT2D eigenvalue weighted by atomic mass is 9.99. The number of hydrogen-bond acceptors (Lipinski definition) is 3. The van der Waals surface area contributed by atoms with E-state index in [0.717, 1.165) is 25.9 Å². The van der Waals surface area contributed by atoms with Gasteiger partial charge >= 0.3 is 5.97 Å². The van der Waals surface area contributed by atoms with E-state index in [2.05, 4.69) is 5.32 Å². The SMILES string of the molecule is O=C(O)C(OCC1CCNCC1)c1ccccc1. The van der Waals surface area contributed by atoms with Crippen LogP contribution in [0.4, 0.5) is 0 Å². The Balaban J connectivity index is 1.92. The van der Waals surface area contributed by atoms with Crippen molar-refractivity contribution in [2.24, 2.45) is 5.92 Å². The van der Waals surface area contributed by atoms with E-state index in [-0.39, 0.29) is 0 Å². The molecule has 0 spiro atoms. The van der Waals surface area contributed by atoms with Crippen molar-refractivity contribution >= 4 is 5.97 Å². The van der Waals surface area contributed by atoms with Crippen LogP contribution < -0.4 is 5.32 Å². The van der Waals surface area contributed by atoms with Gasteiger partial charge in [-0.15, -0.1) is 0 Å². The summed E-state index contributed by atoms with van der Waals surface area (Å²) in [5.74, 6) is -0.452. The Kier molecular flexibility index (Phi) is 4.73. The van der Waals surface area contributed by atoms with E-state index >= 15 is 0 Å². The summed E-state index contributed by atoms with van der Waals surface area (Å²) in [5.41, 5.74) is 0.707. The molecule has 0 radical (unpaired) electrons. The first-order valence-corrected chi connectivity index (χ1v) is 6.37. The first kappa shape index (κ1) is 13.1. The minimum atomic E-state index is -0.921. The zero-order valence-corrected chi connectivity index (χ0v) is 10.3. The molecule has 2 rings (SSSR count). The van der Waals surface area contributed by atoms with E-state index in [0.29, 0.717) is 18.1 Å². The van der Waals surface area contributed by atoms with Gasteiger partial charge in [0.2, 0.25) is 0 Å². The minimum absolute atomic E-state index is 0.469. The number of ether oxygens (including phenoxy) is 1. The number of carbonyl (C=O) groups is 1. The Morgan fingerprint density at radius 1 is 1.33 bits per heavy atom. The summed E-state index contributed by atoms with van der Waals surface area (Å²) in [4.78, 5) is 11.2. The first-order chi connectivity index (χ1) is 8.77. The largest absolute Gasteiger partial charge is 0.479 e. The van der Waals surface area contributed by atoms with Gasteiger partial charge in [0.25, 0.3) is 0 Å². The normalized spacial score (nSPS) is 18.4. The van der Waals surface area contributed by atoms with Gasteiger partial charge in [0.1, 0.15) is 0 Å². The van der Waals surface area contributed by atoms with Gasteiger partial charge in [-0.3, -0.25) is 0 Å². The molecule has 1 atom stereocenters. The van der Waals surface area contributed by atoms with Crippen molar-refractivity contribution in [1.29, 1.82) is 0 Å². The summed E-state index contributed by atoms with van der Waals surface area (Å²) >= 11 is 0. The second kappa shape index (κ2) is 6.52. The van der Waals surface area contributed by atoms with Crippen LogP contribution in [0.25, 0.3) is 0 Å². The summed E-state index contributed by atoms with van der Waals surface area (Å²) in [6, 6.07) is 9.12. The van der Waals surface area contributed by atoms with Crippen LogP contribution in [0.3, 0.4) is 0 Å². The van der Waals surface area contributed by atoms with Gasteiger partial charge in [0.15, 0.2) is 6.10 Å². The lowest BCUT2D eigenvalue weighted by molar-refractivity contribution is -0.152. The maximum Gasteiger partial charge on any atom is 0.337 e. The quantitative estimate of drug-likeness (QED) is 0.836. The molecule has 4 nitrogen and oxygen atoms in total. The number of carboxylic acid groups (broad SMARTS) is 1. The number of aliphatic carboxylic acids is 1. The molecular formula is C14H19NO3. The van der Waals surface area contributed by atoms with Gasteiger partial charge in [0, 0.05) is 0 Å². The molecule has 2 N–H and O–H groups in total. The summed E-state index contributed by atoms with van der Waals surface area (Å²) < 4.78 is 5.60. The summed E-state index contributed by atoms with van der Waals surface area (Å²) in [5, 5.41) is 12.5. The van der Waals surface area contributed by atoms with Gasteiger partial charge in [-0.25, -0.2) is 4.79 Å². The molecule has 1 fully saturated rings. The average molecular weight is 249 g/mol. The summed E-state index contributed by atoms with van der Waals surface area (Å²) in [6.07, 6.45) is 1.27. The highest BCUT2D eigenvalue weighted by Gasteiger charge is 2.22. The molecular weight excluding hydrogens is 230 g/mol. The van der Waals surface area contributed by atoms with Crippen molar-refractivity contribution < 1.29 is 14.6 Å². The third kappa shape index (κ3) is 3.55. The van der Waals surface area contributed by atoms with Gasteiger partial charge in [0.05, 0.1) is 6.61 Å². The van der Waals surface area contributed by atoms with Crippen LogP contribution in [-0.4, -0.2) is 30.8 Å². The fraction of sp³-hybridized carbons (Fsp3) is 0.500. The minimum Gasteiger partial charge on any atom is -0.479 e. The van der Waals surface area contributed by atoms with Crippen LogP contribution in [0, 0.1) is 5.92 Å². The van der Waals surface area contributed by atoms with Crippen molar-refractivity contribution in [3.8, 4) is 0 Å². The molecule has 1 aromatic carbocycles. The van der Waals surface area contributed by atoms with Crippen LogP contribution in [0.2, 0.25) is 0 Å². The van der Waals surface area contributed by atoms with Crippen LogP contribution in [0.5, 0.6) is 0 Å². The van der Waals surface area contributed by atoms with E-state index in [1.165, 1.54) is 0 Å². The lowest BCUT2D eigenvalue weighted by Gasteiger charge is -2.24. The summed E-state index contributed by atoms with van der Waals surface area (Å²) in [6.45, 7) is 2.52. The molecule has 1 heterocycles. The predicted molar refractivity (Wildman–Crippen MR) is 68.4 cm³/mol. The third-order valence-corrected chi connectivity index (χ3v) is 3.28. The Morgan fingerprint density at radius 3 is 2.61 bits per heavy atom. The van der Waals surface area contributed by atoms with Crippen molar-refractivity contribution in [3.05, 3.63) is 35.9 Å². The Hall–Kier alpha value is -1.39. The number of hydrogen-bond donors (Lipinski definition) is 2. The van der Waals surface area contributed by atoms with E-state index in [1.54, 1.807) is 12.1 Å².